The largest absolute Gasteiger partial charge is 0.394 e. The van der Waals surface area contributed by atoms with E-state index >= 15 is 0 Å². The van der Waals surface area contributed by atoms with E-state index in [2.05, 4.69) is 40.2 Å². The van der Waals surface area contributed by atoms with Crippen molar-refractivity contribution < 1.29 is 19.7 Å². The molecule has 8 N–H and O–H groups in total. The average Bonchev–Trinajstić information content (AvgIpc) is 3.72. The number of aromatic nitrogens is 11. The van der Waals surface area contributed by atoms with Crippen LogP contribution in [0.3, 0.4) is 0 Å². The second kappa shape index (κ2) is 8.91. The van der Waals surface area contributed by atoms with Crippen LogP contribution in [0.15, 0.2) is 28.4 Å². The fourth-order valence-electron chi connectivity index (χ4n) is 5.31. The molecule has 0 amide bonds. The van der Waals surface area contributed by atoms with Crippen molar-refractivity contribution >= 4 is 34.2 Å². The molecule has 40 heavy (non-hydrogen) atoms. The second-order valence-corrected chi connectivity index (χ2v) is 9.60. The highest BCUT2D eigenvalue weighted by atomic mass is 16.5. The predicted molar refractivity (Wildman–Crippen MR) is 133 cm³/mol. The van der Waals surface area contributed by atoms with E-state index in [1.165, 1.54) is 17.2 Å². The molecule has 0 aliphatic carbocycles. The van der Waals surface area contributed by atoms with E-state index in [0.717, 1.165) is 0 Å². The molecule has 0 aromatic carbocycles. The summed E-state index contributed by atoms with van der Waals surface area (Å²) in [5.74, 6) is -0.126. The minimum absolute atomic E-state index is 0.0587. The molecule has 7 heterocycles. The molecule has 2 fully saturated rings. The Morgan fingerprint density at radius 1 is 0.950 bits per heavy atom. The molecule has 2 aliphatic heterocycles. The van der Waals surface area contributed by atoms with Gasteiger partial charge in [0.25, 0.3) is 11.1 Å². The van der Waals surface area contributed by atoms with E-state index in [9.17, 15) is 19.8 Å². The molecule has 19 nitrogen and oxygen atoms in total. The number of nitrogens with two attached hydrogens (primary N) is 2. The van der Waals surface area contributed by atoms with Crippen LogP contribution in [-0.2, 0) is 9.47 Å². The summed E-state index contributed by atoms with van der Waals surface area (Å²) in [6, 6.07) is -0.445. The molecule has 5 aromatic rings. The summed E-state index contributed by atoms with van der Waals surface area (Å²) in [4.78, 5) is 45.6. The normalized spacial score (nSPS) is 26.9. The molecule has 0 saturated carbocycles. The lowest BCUT2D eigenvalue weighted by atomic mass is 10.1. The zero-order valence-corrected chi connectivity index (χ0v) is 20.5. The molecule has 2 aliphatic rings. The molecular formula is C21H23N13O6. The lowest BCUT2D eigenvalue weighted by molar-refractivity contribution is -0.0288. The fraction of sp³-hybridized carbons (Fsp3) is 0.429. The van der Waals surface area contributed by atoms with Gasteiger partial charge in [-0.1, -0.05) is 5.21 Å². The number of hydrogen-bond acceptors (Lipinski definition) is 14. The van der Waals surface area contributed by atoms with Crippen molar-refractivity contribution in [2.45, 2.75) is 49.7 Å². The third-order valence-electron chi connectivity index (χ3n) is 7.16. The Bertz CT molecular complexity index is 1850. The first kappa shape index (κ1) is 24.3. The summed E-state index contributed by atoms with van der Waals surface area (Å²) in [7, 11) is 0. The first-order chi connectivity index (χ1) is 19.3. The number of imidazole rings is 2. The number of anilines is 2. The van der Waals surface area contributed by atoms with Gasteiger partial charge in [0.05, 0.1) is 37.6 Å². The zero-order valence-electron chi connectivity index (χ0n) is 20.5. The number of fused-ring (bicyclic) bond motifs is 2. The zero-order chi connectivity index (χ0) is 27.7. The maximum absolute atomic E-state index is 12.2. The average molecular weight is 554 g/mol. The third kappa shape index (κ3) is 3.74. The van der Waals surface area contributed by atoms with Gasteiger partial charge >= 0.3 is 0 Å². The number of ether oxygens (including phenoxy) is 2. The number of hydrogen-bond donors (Lipinski definition) is 6. The Morgan fingerprint density at radius 2 is 1.55 bits per heavy atom. The van der Waals surface area contributed by atoms with Crippen molar-refractivity contribution in [2.24, 2.45) is 0 Å². The summed E-state index contributed by atoms with van der Waals surface area (Å²) >= 11 is 0. The van der Waals surface area contributed by atoms with Crippen molar-refractivity contribution in [2.75, 3.05) is 18.1 Å². The van der Waals surface area contributed by atoms with Crippen molar-refractivity contribution in [3.05, 3.63) is 45.3 Å². The van der Waals surface area contributed by atoms with Crippen LogP contribution in [0.5, 0.6) is 0 Å². The van der Waals surface area contributed by atoms with Gasteiger partial charge in [0.1, 0.15) is 30.4 Å². The Hall–Kier alpha value is -4.72. The summed E-state index contributed by atoms with van der Waals surface area (Å²) in [6.45, 7) is -0.313. The summed E-state index contributed by atoms with van der Waals surface area (Å²) < 4.78 is 16.8. The lowest BCUT2D eigenvalue weighted by Crippen LogP contribution is -2.24. The van der Waals surface area contributed by atoms with E-state index in [1.54, 1.807) is 15.4 Å². The van der Waals surface area contributed by atoms with Gasteiger partial charge in [-0.2, -0.15) is 9.97 Å². The Kier molecular flexibility index (Phi) is 5.42. The van der Waals surface area contributed by atoms with Crippen LogP contribution in [0.4, 0.5) is 11.9 Å². The van der Waals surface area contributed by atoms with Crippen LogP contribution in [0.1, 0.15) is 43.1 Å². The molecule has 0 bridgehead atoms. The molecule has 0 spiro atoms. The lowest BCUT2D eigenvalue weighted by Gasteiger charge is -2.16. The number of aromatic amines is 2. The predicted octanol–water partition coefficient (Wildman–Crippen LogP) is -2.15. The number of aliphatic hydroxyl groups excluding tert-OH is 2. The summed E-state index contributed by atoms with van der Waals surface area (Å²) in [6.07, 6.45) is 1.22. The van der Waals surface area contributed by atoms with Crippen LogP contribution >= 0.6 is 0 Å². The molecule has 2 saturated heterocycles. The van der Waals surface area contributed by atoms with Crippen molar-refractivity contribution in [1.82, 2.24) is 54.0 Å². The molecule has 208 valence electrons. The first-order valence-corrected chi connectivity index (χ1v) is 12.3. The minimum atomic E-state index is -0.944. The van der Waals surface area contributed by atoms with Gasteiger partial charge in [0.2, 0.25) is 11.9 Å². The van der Waals surface area contributed by atoms with E-state index < -0.39 is 47.9 Å². The van der Waals surface area contributed by atoms with Crippen LogP contribution in [0.25, 0.3) is 22.3 Å². The number of nitrogens with zero attached hydrogens (tertiary/aromatic N) is 9. The topological polar surface area (TPSA) is 269 Å². The van der Waals surface area contributed by atoms with E-state index in [-0.39, 0.29) is 47.3 Å². The molecule has 0 unspecified atom stereocenters. The Morgan fingerprint density at radius 3 is 2.15 bits per heavy atom. The number of aliphatic hydroxyl groups is 2. The van der Waals surface area contributed by atoms with Gasteiger partial charge in [-0.15, -0.1) is 5.10 Å². The quantitative estimate of drug-likeness (QED) is 0.135. The van der Waals surface area contributed by atoms with Crippen LogP contribution in [0, 0.1) is 0 Å². The van der Waals surface area contributed by atoms with E-state index in [4.69, 9.17) is 20.9 Å². The van der Waals surface area contributed by atoms with Gasteiger partial charge < -0.3 is 31.2 Å². The SMILES string of the molecule is Nc1nc2c(ncn2[C@H]2C[C@H](O)[C@@H](c3cn([C@H]4C[C@H](n5cnc6c(=O)[nH]c(N)nc65)O[C@@H]4CO)nn3)O2)c(=O)[nH]1. The van der Waals surface area contributed by atoms with Crippen LogP contribution in [-0.4, -0.2) is 83.1 Å². The van der Waals surface area contributed by atoms with Gasteiger partial charge in [-0.05, 0) is 0 Å². The second-order valence-electron chi connectivity index (χ2n) is 9.60. The molecular weight excluding hydrogens is 530 g/mol. The Balaban J connectivity index is 1.13. The minimum Gasteiger partial charge on any atom is -0.394 e. The third-order valence-corrected chi connectivity index (χ3v) is 7.16. The highest BCUT2D eigenvalue weighted by molar-refractivity contribution is 5.71. The standard InChI is InChI=1S/C21H23N13O6/c22-20-26-16-13(18(37)28-20)24-5-32(16)11-1-8(10(4-35)39-11)34-3-7(30-31-34)15-9(36)2-12(40-15)33-6-25-14-17(33)27-21(23)29-19(14)38/h3,5-6,8-12,15,35-36H,1-2,4H2,(H3,22,26,28,37)(H3,23,27,29,38)/t8-,9-,10+,11+,12+,15+/m0/s1. The summed E-state index contributed by atoms with van der Waals surface area (Å²) in [5.41, 5.74) is 11.5. The van der Waals surface area contributed by atoms with Crippen molar-refractivity contribution in [3.8, 4) is 0 Å². The van der Waals surface area contributed by atoms with Crippen molar-refractivity contribution in [1.29, 1.82) is 0 Å². The molecule has 7 rings (SSSR count). The van der Waals surface area contributed by atoms with Gasteiger partial charge in [0, 0.05) is 12.8 Å². The van der Waals surface area contributed by atoms with E-state index in [0.29, 0.717) is 12.1 Å². The van der Waals surface area contributed by atoms with Gasteiger partial charge in [0.15, 0.2) is 22.3 Å². The fourth-order valence-corrected chi connectivity index (χ4v) is 5.31. The number of nitrogens with one attached hydrogen (secondary N) is 2. The first-order valence-electron chi connectivity index (χ1n) is 12.3. The smallest absolute Gasteiger partial charge is 0.280 e. The number of H-pyrrole nitrogens is 2. The van der Waals surface area contributed by atoms with Gasteiger partial charge in [-0.25, -0.2) is 14.6 Å². The van der Waals surface area contributed by atoms with Gasteiger partial charge in [-0.3, -0.25) is 28.7 Å². The van der Waals surface area contributed by atoms with Crippen LogP contribution in [0.2, 0.25) is 0 Å². The summed E-state index contributed by atoms with van der Waals surface area (Å²) in [5, 5.41) is 29.3. The highest BCUT2D eigenvalue weighted by Gasteiger charge is 2.41. The Labute approximate surface area is 221 Å². The maximum atomic E-state index is 12.2. The number of rotatable bonds is 5. The van der Waals surface area contributed by atoms with Crippen molar-refractivity contribution in [3.63, 3.8) is 0 Å². The number of nitrogen functional groups attached to an aromatic ring is 2. The maximum Gasteiger partial charge on any atom is 0.280 e. The molecule has 5 aromatic heterocycles. The van der Waals surface area contributed by atoms with E-state index in [1.807, 2.05) is 0 Å². The molecule has 0 radical (unpaired) electrons. The monoisotopic (exact) mass is 553 g/mol. The van der Waals surface area contributed by atoms with Crippen LogP contribution < -0.4 is 22.6 Å². The molecule has 19 heteroatoms. The highest BCUT2D eigenvalue weighted by Crippen LogP contribution is 2.41. The molecule has 6 atom stereocenters.